The fraction of sp³-hybridized carbons (Fsp3) is 0.600. The Kier molecular flexibility index (Phi) is 9.87. The first-order chi connectivity index (χ1) is 9.88. The molecule has 114 valence electrons. The Morgan fingerprint density at radius 3 is 2.45 bits per heavy atom. The van der Waals surface area contributed by atoms with Gasteiger partial charge in [0, 0.05) is 32.9 Å². The summed E-state index contributed by atoms with van der Waals surface area (Å²) in [4.78, 5) is 0. The van der Waals surface area contributed by atoms with Gasteiger partial charge in [0.2, 0.25) is 0 Å². The second-order valence-electron chi connectivity index (χ2n) is 4.23. The number of ether oxygens (including phenoxy) is 4. The number of benzene rings is 1. The van der Waals surface area contributed by atoms with E-state index < -0.39 is 0 Å². The summed E-state index contributed by atoms with van der Waals surface area (Å²) in [5.41, 5.74) is 1.14. The summed E-state index contributed by atoms with van der Waals surface area (Å²) in [6.07, 6.45) is 0. The van der Waals surface area contributed by atoms with Crippen LogP contribution in [0.1, 0.15) is 5.56 Å². The van der Waals surface area contributed by atoms with Gasteiger partial charge >= 0.3 is 0 Å². The number of hydrogen-bond donors (Lipinski definition) is 1. The minimum Gasteiger partial charge on any atom is -0.491 e. The molecule has 1 N–H and O–H groups in total. The molecule has 0 radical (unpaired) electrons. The Morgan fingerprint density at radius 1 is 0.900 bits per heavy atom. The van der Waals surface area contributed by atoms with Crippen LogP contribution in [0.25, 0.3) is 0 Å². The summed E-state index contributed by atoms with van der Waals surface area (Å²) >= 11 is 0. The van der Waals surface area contributed by atoms with Gasteiger partial charge < -0.3 is 24.3 Å². The van der Waals surface area contributed by atoms with E-state index >= 15 is 0 Å². The molecule has 0 unspecified atom stereocenters. The third kappa shape index (κ3) is 7.45. The molecule has 0 fully saturated rings. The van der Waals surface area contributed by atoms with Gasteiger partial charge in [0.1, 0.15) is 12.4 Å². The zero-order valence-electron chi connectivity index (χ0n) is 12.4. The van der Waals surface area contributed by atoms with E-state index in [-0.39, 0.29) is 0 Å². The van der Waals surface area contributed by atoms with E-state index in [0.717, 1.165) is 24.4 Å². The largest absolute Gasteiger partial charge is 0.491 e. The monoisotopic (exact) mass is 283 g/mol. The van der Waals surface area contributed by atoms with Crippen molar-refractivity contribution in [1.29, 1.82) is 0 Å². The molecule has 0 saturated carbocycles. The topological polar surface area (TPSA) is 49.0 Å². The van der Waals surface area contributed by atoms with Crippen molar-refractivity contribution in [2.45, 2.75) is 6.54 Å². The Labute approximate surface area is 121 Å². The standard InChI is InChI=1S/C15H25NO4/c1-17-8-7-16-13-14-5-3-4-6-15(14)20-12-11-19-10-9-18-2/h3-6,16H,7-13H2,1-2H3. The van der Waals surface area contributed by atoms with Gasteiger partial charge in [0.25, 0.3) is 0 Å². The minimum absolute atomic E-state index is 0.540. The predicted molar refractivity (Wildman–Crippen MR) is 78.2 cm³/mol. The quantitative estimate of drug-likeness (QED) is 0.589. The van der Waals surface area contributed by atoms with E-state index in [0.29, 0.717) is 33.0 Å². The van der Waals surface area contributed by atoms with Crippen LogP contribution in [0.2, 0.25) is 0 Å². The number of methoxy groups -OCH3 is 2. The molecular weight excluding hydrogens is 258 g/mol. The Morgan fingerprint density at radius 2 is 1.65 bits per heavy atom. The summed E-state index contributed by atoms with van der Waals surface area (Å²) in [5.74, 6) is 0.896. The molecule has 20 heavy (non-hydrogen) atoms. The van der Waals surface area contributed by atoms with Crippen LogP contribution in [0.15, 0.2) is 24.3 Å². The molecule has 5 nitrogen and oxygen atoms in total. The summed E-state index contributed by atoms with van der Waals surface area (Å²) in [7, 11) is 3.36. The van der Waals surface area contributed by atoms with Crippen molar-refractivity contribution in [3.63, 3.8) is 0 Å². The lowest BCUT2D eigenvalue weighted by atomic mass is 10.2. The zero-order valence-corrected chi connectivity index (χ0v) is 12.4. The van der Waals surface area contributed by atoms with Gasteiger partial charge in [-0.1, -0.05) is 18.2 Å². The van der Waals surface area contributed by atoms with Crippen LogP contribution in [0.3, 0.4) is 0 Å². The molecule has 0 saturated heterocycles. The van der Waals surface area contributed by atoms with Gasteiger partial charge in [-0.25, -0.2) is 0 Å². The van der Waals surface area contributed by atoms with E-state index in [1.165, 1.54) is 0 Å². The Hall–Kier alpha value is -1.14. The third-order valence-corrected chi connectivity index (χ3v) is 2.69. The zero-order chi connectivity index (χ0) is 14.5. The summed E-state index contributed by atoms with van der Waals surface area (Å²) in [6.45, 7) is 4.61. The first-order valence-electron chi connectivity index (χ1n) is 6.85. The molecule has 1 aromatic rings. The summed E-state index contributed by atoms with van der Waals surface area (Å²) in [6, 6.07) is 8.01. The van der Waals surface area contributed by atoms with Gasteiger partial charge in [-0.05, 0) is 6.07 Å². The van der Waals surface area contributed by atoms with E-state index in [9.17, 15) is 0 Å². The van der Waals surface area contributed by atoms with Crippen LogP contribution >= 0.6 is 0 Å². The summed E-state index contributed by atoms with van der Waals surface area (Å²) in [5, 5.41) is 3.31. The first kappa shape index (κ1) is 16.9. The lowest BCUT2D eigenvalue weighted by molar-refractivity contribution is 0.0542. The molecular formula is C15H25NO4. The molecule has 0 aliphatic rings. The molecule has 1 rings (SSSR count). The number of para-hydroxylation sites is 1. The lowest BCUT2D eigenvalue weighted by Gasteiger charge is -2.12. The maximum absolute atomic E-state index is 5.74. The van der Waals surface area contributed by atoms with Crippen molar-refractivity contribution in [1.82, 2.24) is 5.32 Å². The highest BCUT2D eigenvalue weighted by Crippen LogP contribution is 2.17. The summed E-state index contributed by atoms with van der Waals surface area (Å²) < 4.78 is 21.0. The molecule has 0 aliphatic carbocycles. The van der Waals surface area contributed by atoms with Crippen molar-refractivity contribution >= 4 is 0 Å². The highest BCUT2D eigenvalue weighted by atomic mass is 16.5. The lowest BCUT2D eigenvalue weighted by Crippen LogP contribution is -2.19. The number of nitrogens with one attached hydrogen (secondary N) is 1. The van der Waals surface area contributed by atoms with E-state index in [4.69, 9.17) is 18.9 Å². The van der Waals surface area contributed by atoms with Gasteiger partial charge in [-0.15, -0.1) is 0 Å². The second-order valence-corrected chi connectivity index (χ2v) is 4.23. The van der Waals surface area contributed by atoms with E-state index in [1.54, 1.807) is 14.2 Å². The average molecular weight is 283 g/mol. The molecule has 5 heteroatoms. The smallest absolute Gasteiger partial charge is 0.123 e. The van der Waals surface area contributed by atoms with Gasteiger partial charge in [0.05, 0.1) is 26.4 Å². The number of rotatable bonds is 12. The minimum atomic E-state index is 0.540. The SMILES string of the molecule is COCCNCc1ccccc1OCCOCCOC. The van der Waals surface area contributed by atoms with Gasteiger partial charge in [0.15, 0.2) is 0 Å². The van der Waals surface area contributed by atoms with E-state index in [2.05, 4.69) is 11.4 Å². The highest BCUT2D eigenvalue weighted by molar-refractivity contribution is 5.33. The van der Waals surface area contributed by atoms with Crippen LogP contribution in [0.5, 0.6) is 5.75 Å². The van der Waals surface area contributed by atoms with Crippen molar-refractivity contribution in [2.24, 2.45) is 0 Å². The molecule has 0 atom stereocenters. The van der Waals surface area contributed by atoms with Crippen molar-refractivity contribution < 1.29 is 18.9 Å². The molecule has 0 heterocycles. The van der Waals surface area contributed by atoms with Crippen LogP contribution in [-0.4, -0.2) is 53.8 Å². The Balaban J connectivity index is 2.26. The molecule has 0 amide bonds. The normalized spacial score (nSPS) is 10.7. The Bertz CT molecular complexity index is 346. The fourth-order valence-corrected chi connectivity index (χ4v) is 1.64. The highest BCUT2D eigenvalue weighted by Gasteiger charge is 2.02. The maximum Gasteiger partial charge on any atom is 0.123 e. The van der Waals surface area contributed by atoms with Crippen molar-refractivity contribution in [3.8, 4) is 5.75 Å². The van der Waals surface area contributed by atoms with E-state index in [1.807, 2.05) is 18.2 Å². The van der Waals surface area contributed by atoms with Gasteiger partial charge in [-0.3, -0.25) is 0 Å². The second kappa shape index (κ2) is 11.7. The molecule has 1 aromatic carbocycles. The third-order valence-electron chi connectivity index (χ3n) is 2.69. The molecule has 0 aliphatic heterocycles. The van der Waals surface area contributed by atoms with Crippen molar-refractivity contribution in [2.75, 3.05) is 53.8 Å². The fourth-order valence-electron chi connectivity index (χ4n) is 1.64. The van der Waals surface area contributed by atoms with Crippen molar-refractivity contribution in [3.05, 3.63) is 29.8 Å². The average Bonchev–Trinajstić information content (AvgIpc) is 2.48. The maximum atomic E-state index is 5.74. The molecule has 0 bridgehead atoms. The molecule has 0 spiro atoms. The van der Waals surface area contributed by atoms with Crippen LogP contribution in [0.4, 0.5) is 0 Å². The van der Waals surface area contributed by atoms with Crippen LogP contribution in [-0.2, 0) is 20.8 Å². The first-order valence-corrected chi connectivity index (χ1v) is 6.85. The van der Waals surface area contributed by atoms with Crippen LogP contribution in [0, 0.1) is 0 Å². The van der Waals surface area contributed by atoms with Crippen LogP contribution < -0.4 is 10.1 Å². The molecule has 0 aromatic heterocycles. The predicted octanol–water partition coefficient (Wildman–Crippen LogP) is 1.46. The van der Waals surface area contributed by atoms with Gasteiger partial charge in [-0.2, -0.15) is 0 Å². The number of hydrogen-bond acceptors (Lipinski definition) is 5.